The van der Waals surface area contributed by atoms with Gasteiger partial charge in [-0.3, -0.25) is 14.9 Å². The van der Waals surface area contributed by atoms with E-state index in [0.29, 0.717) is 16.4 Å². The van der Waals surface area contributed by atoms with E-state index in [1.165, 1.54) is 29.6 Å². The van der Waals surface area contributed by atoms with Crippen LogP contribution in [0.3, 0.4) is 0 Å². The number of non-ortho nitro benzene ring substituents is 1. The minimum Gasteiger partial charge on any atom is -0.457 e. The number of nitro groups is 1. The van der Waals surface area contributed by atoms with Gasteiger partial charge in [0.25, 0.3) is 11.6 Å². The molecule has 1 fully saturated rings. The molecule has 0 spiro atoms. The number of aliphatic imine (C=N–C) groups is 1. The number of carbonyl (C=O) groups excluding carboxylic acids is 1. The predicted molar refractivity (Wildman–Crippen MR) is 129 cm³/mol. The molecule has 3 heterocycles. The molecule has 2 aliphatic heterocycles. The molecule has 0 bridgehead atoms. The number of nitro benzene ring substituents is 1. The summed E-state index contributed by atoms with van der Waals surface area (Å²) < 4.78 is 5.84. The lowest BCUT2D eigenvalue weighted by atomic mass is 10.1. The summed E-state index contributed by atoms with van der Waals surface area (Å²) in [4.78, 5) is 32.1. The number of para-hydroxylation sites is 1. The third-order valence-corrected chi connectivity index (χ3v) is 6.59. The third kappa shape index (κ3) is 4.54. The Morgan fingerprint density at radius 3 is 2.33 bits per heavy atom. The zero-order valence-electron chi connectivity index (χ0n) is 17.6. The zero-order valence-corrected chi connectivity index (χ0v) is 18.4. The summed E-state index contributed by atoms with van der Waals surface area (Å²) in [6, 6.07) is 20.0. The van der Waals surface area contributed by atoms with Crippen molar-refractivity contribution in [1.29, 1.82) is 0 Å². The van der Waals surface area contributed by atoms with Gasteiger partial charge in [-0.1, -0.05) is 18.2 Å². The average molecular weight is 461 g/mol. The van der Waals surface area contributed by atoms with Gasteiger partial charge in [-0.05, 0) is 48.2 Å². The van der Waals surface area contributed by atoms with Crippen molar-refractivity contribution in [2.45, 2.75) is 0 Å². The fourth-order valence-electron chi connectivity index (χ4n) is 3.79. The number of carbonyl (C=O) groups is 1. The van der Waals surface area contributed by atoms with Gasteiger partial charge in [0, 0.05) is 55.6 Å². The molecule has 0 saturated carbocycles. The molecule has 2 aliphatic rings. The average Bonchev–Trinajstić information content (AvgIpc) is 3.47. The standard InChI is InChI=1S/C24H20N4O4S/c29-23-22(16-20-10-11-21(32-20)17-6-8-19(9-7-17)28(30)31)33-24(25-23)27-14-12-26(13-15-27)18-4-2-1-3-5-18/h1-11,16H,12-15H2/b22-16+. The van der Waals surface area contributed by atoms with Crippen molar-refractivity contribution in [1.82, 2.24) is 4.90 Å². The molecule has 1 amide bonds. The van der Waals surface area contributed by atoms with Crippen molar-refractivity contribution in [3.05, 3.63) is 87.5 Å². The van der Waals surface area contributed by atoms with Crippen LogP contribution in [0.1, 0.15) is 5.76 Å². The first-order valence-electron chi connectivity index (χ1n) is 10.5. The van der Waals surface area contributed by atoms with Crippen LogP contribution in [-0.2, 0) is 4.79 Å². The van der Waals surface area contributed by atoms with Crippen LogP contribution in [0.15, 0.2) is 81.0 Å². The van der Waals surface area contributed by atoms with Gasteiger partial charge < -0.3 is 14.2 Å². The summed E-state index contributed by atoms with van der Waals surface area (Å²) in [5, 5.41) is 11.5. The number of nitrogens with zero attached hydrogens (tertiary/aromatic N) is 4. The van der Waals surface area contributed by atoms with Crippen molar-refractivity contribution in [3.8, 4) is 11.3 Å². The van der Waals surface area contributed by atoms with E-state index in [2.05, 4.69) is 26.9 Å². The maximum atomic E-state index is 12.5. The minimum absolute atomic E-state index is 0.0230. The van der Waals surface area contributed by atoms with Gasteiger partial charge in [-0.2, -0.15) is 4.99 Å². The molecule has 166 valence electrons. The SMILES string of the molecule is O=C1N=C(N2CCN(c3ccccc3)CC2)S/C1=C/c1ccc(-c2ccc([N+](=O)[O-])cc2)o1. The summed E-state index contributed by atoms with van der Waals surface area (Å²) in [7, 11) is 0. The molecule has 1 aromatic heterocycles. The van der Waals surface area contributed by atoms with Crippen LogP contribution in [0.5, 0.6) is 0 Å². The van der Waals surface area contributed by atoms with Crippen LogP contribution in [0.25, 0.3) is 17.4 Å². The molecular formula is C24H20N4O4S. The van der Waals surface area contributed by atoms with Gasteiger partial charge in [0.1, 0.15) is 11.5 Å². The van der Waals surface area contributed by atoms with Crippen molar-refractivity contribution in [3.63, 3.8) is 0 Å². The summed E-state index contributed by atoms with van der Waals surface area (Å²) >= 11 is 1.36. The second-order valence-corrected chi connectivity index (χ2v) is 8.63. The number of benzene rings is 2. The van der Waals surface area contributed by atoms with Gasteiger partial charge >= 0.3 is 0 Å². The number of amidine groups is 1. The van der Waals surface area contributed by atoms with Crippen molar-refractivity contribution >= 4 is 40.3 Å². The Balaban J connectivity index is 1.23. The lowest BCUT2D eigenvalue weighted by Crippen LogP contribution is -2.47. The lowest BCUT2D eigenvalue weighted by Gasteiger charge is -2.36. The number of piperazine rings is 1. The smallest absolute Gasteiger partial charge is 0.286 e. The molecule has 2 aromatic carbocycles. The van der Waals surface area contributed by atoms with Gasteiger partial charge in [-0.15, -0.1) is 0 Å². The number of rotatable bonds is 4. The molecule has 3 aromatic rings. The van der Waals surface area contributed by atoms with E-state index < -0.39 is 4.92 Å². The van der Waals surface area contributed by atoms with Gasteiger partial charge in [0.2, 0.25) is 0 Å². The molecule has 33 heavy (non-hydrogen) atoms. The fraction of sp³-hybridized carbons (Fsp3) is 0.167. The van der Waals surface area contributed by atoms with E-state index in [0.717, 1.165) is 36.9 Å². The Morgan fingerprint density at radius 1 is 0.939 bits per heavy atom. The number of thioether (sulfide) groups is 1. The van der Waals surface area contributed by atoms with Crippen molar-refractivity contribution < 1.29 is 14.1 Å². The Bertz CT molecular complexity index is 1240. The van der Waals surface area contributed by atoms with E-state index in [1.807, 2.05) is 18.2 Å². The molecule has 5 rings (SSSR count). The van der Waals surface area contributed by atoms with Crippen LogP contribution in [-0.4, -0.2) is 47.1 Å². The van der Waals surface area contributed by atoms with E-state index in [9.17, 15) is 14.9 Å². The second-order valence-electron chi connectivity index (χ2n) is 7.63. The quantitative estimate of drug-likeness (QED) is 0.318. The third-order valence-electron chi connectivity index (χ3n) is 5.54. The largest absolute Gasteiger partial charge is 0.457 e. The van der Waals surface area contributed by atoms with Crippen LogP contribution in [0.2, 0.25) is 0 Å². The highest BCUT2D eigenvalue weighted by molar-refractivity contribution is 8.18. The molecular weight excluding hydrogens is 440 g/mol. The number of furan rings is 1. The van der Waals surface area contributed by atoms with Crippen LogP contribution < -0.4 is 4.90 Å². The van der Waals surface area contributed by atoms with E-state index in [-0.39, 0.29) is 11.6 Å². The first-order chi connectivity index (χ1) is 16.1. The molecule has 0 aliphatic carbocycles. The Labute approximate surface area is 194 Å². The van der Waals surface area contributed by atoms with Gasteiger partial charge in [0.05, 0.1) is 9.83 Å². The van der Waals surface area contributed by atoms with Crippen molar-refractivity contribution in [2.24, 2.45) is 4.99 Å². The highest BCUT2D eigenvalue weighted by Crippen LogP contribution is 2.32. The topological polar surface area (TPSA) is 92.2 Å². The number of anilines is 1. The normalized spacial score (nSPS) is 17.5. The number of hydrogen-bond acceptors (Lipinski definition) is 7. The Morgan fingerprint density at radius 2 is 1.64 bits per heavy atom. The lowest BCUT2D eigenvalue weighted by molar-refractivity contribution is -0.384. The highest BCUT2D eigenvalue weighted by Gasteiger charge is 2.28. The van der Waals surface area contributed by atoms with Crippen LogP contribution in [0, 0.1) is 10.1 Å². The summed E-state index contributed by atoms with van der Waals surface area (Å²) in [6.45, 7) is 3.33. The molecule has 0 N–H and O–H groups in total. The molecule has 0 unspecified atom stereocenters. The first kappa shape index (κ1) is 21.0. The maximum Gasteiger partial charge on any atom is 0.286 e. The molecule has 9 heteroatoms. The summed E-state index contributed by atoms with van der Waals surface area (Å²) in [6.07, 6.45) is 1.69. The molecule has 8 nitrogen and oxygen atoms in total. The van der Waals surface area contributed by atoms with E-state index in [4.69, 9.17) is 4.42 Å². The maximum absolute atomic E-state index is 12.5. The summed E-state index contributed by atoms with van der Waals surface area (Å²) in [5.41, 5.74) is 1.95. The highest BCUT2D eigenvalue weighted by atomic mass is 32.2. The Kier molecular flexibility index (Phi) is 5.70. The van der Waals surface area contributed by atoms with E-state index >= 15 is 0 Å². The second kappa shape index (κ2) is 8.95. The molecule has 1 saturated heterocycles. The van der Waals surface area contributed by atoms with Gasteiger partial charge in [-0.25, -0.2) is 0 Å². The van der Waals surface area contributed by atoms with Gasteiger partial charge in [0.15, 0.2) is 5.17 Å². The zero-order chi connectivity index (χ0) is 22.8. The predicted octanol–water partition coefficient (Wildman–Crippen LogP) is 4.65. The number of hydrogen-bond donors (Lipinski definition) is 0. The van der Waals surface area contributed by atoms with Crippen LogP contribution in [0.4, 0.5) is 11.4 Å². The van der Waals surface area contributed by atoms with Crippen molar-refractivity contribution in [2.75, 3.05) is 31.1 Å². The molecule has 0 radical (unpaired) electrons. The number of amides is 1. The fourth-order valence-corrected chi connectivity index (χ4v) is 4.74. The monoisotopic (exact) mass is 460 g/mol. The first-order valence-corrected chi connectivity index (χ1v) is 11.3. The van der Waals surface area contributed by atoms with E-state index in [1.54, 1.807) is 30.3 Å². The minimum atomic E-state index is -0.441. The Hall–Kier alpha value is -3.85. The van der Waals surface area contributed by atoms with Crippen LogP contribution >= 0.6 is 11.8 Å². The summed E-state index contributed by atoms with van der Waals surface area (Å²) in [5.74, 6) is 0.837. The molecule has 0 atom stereocenters.